The van der Waals surface area contributed by atoms with E-state index in [1.54, 1.807) is 0 Å². The average Bonchev–Trinajstić information content (AvgIpc) is 1.84. The molecular formula is C8H11NO. The van der Waals surface area contributed by atoms with Crippen molar-refractivity contribution < 1.29 is 4.79 Å². The number of hydrogen-bond donors (Lipinski definition) is 0. The molecule has 1 fully saturated rings. The number of hydrogen-bond acceptors (Lipinski definition) is 2. The molecule has 1 aliphatic rings. The van der Waals surface area contributed by atoms with Gasteiger partial charge in [-0.1, -0.05) is 18.6 Å². The molecule has 0 heterocycles. The summed E-state index contributed by atoms with van der Waals surface area (Å²) in [4.78, 5) is 13.0. The minimum Gasteiger partial charge on any atom is -0.211 e. The zero-order valence-electron chi connectivity index (χ0n) is 5.92. The van der Waals surface area contributed by atoms with E-state index in [1.807, 2.05) is 6.08 Å². The minimum atomic E-state index is 0.500. The Morgan fingerprint density at radius 2 is 2.40 bits per heavy atom. The van der Waals surface area contributed by atoms with Gasteiger partial charge in [-0.2, -0.15) is 0 Å². The summed E-state index contributed by atoms with van der Waals surface area (Å²) in [6.45, 7) is 0.500. The van der Waals surface area contributed by atoms with Crippen LogP contribution in [0.3, 0.4) is 0 Å². The van der Waals surface area contributed by atoms with Crippen molar-refractivity contribution in [1.82, 2.24) is 0 Å². The van der Waals surface area contributed by atoms with Crippen LogP contribution in [0.25, 0.3) is 0 Å². The highest BCUT2D eigenvalue weighted by Gasteiger charge is 2.12. The first kappa shape index (κ1) is 7.23. The third kappa shape index (κ3) is 2.16. The van der Waals surface area contributed by atoms with Crippen LogP contribution < -0.4 is 0 Å². The maximum atomic E-state index is 9.61. The molecule has 0 radical (unpaired) electrons. The molecule has 0 aliphatic heterocycles. The van der Waals surface area contributed by atoms with Crippen LogP contribution in [0.15, 0.2) is 17.1 Å². The molecular weight excluding hydrogens is 126 g/mol. The van der Waals surface area contributed by atoms with Crippen LogP contribution in [-0.2, 0) is 4.79 Å². The predicted octanol–water partition coefficient (Wildman–Crippen LogP) is 1.68. The lowest BCUT2D eigenvalue weighted by molar-refractivity contribution is 0.387. The van der Waals surface area contributed by atoms with Crippen LogP contribution in [0.1, 0.15) is 19.3 Å². The Morgan fingerprint density at radius 1 is 1.60 bits per heavy atom. The molecule has 0 bridgehead atoms. The van der Waals surface area contributed by atoms with Gasteiger partial charge in [0.1, 0.15) is 0 Å². The van der Waals surface area contributed by atoms with Crippen LogP contribution >= 0.6 is 0 Å². The largest absolute Gasteiger partial charge is 0.235 e. The van der Waals surface area contributed by atoms with Gasteiger partial charge in [-0.15, -0.1) is 0 Å². The van der Waals surface area contributed by atoms with Crippen LogP contribution in [0, 0.1) is 5.92 Å². The second kappa shape index (κ2) is 4.02. The highest BCUT2D eigenvalue weighted by atomic mass is 16.1. The van der Waals surface area contributed by atoms with Crippen molar-refractivity contribution in [3.05, 3.63) is 12.2 Å². The molecule has 0 spiro atoms. The van der Waals surface area contributed by atoms with Gasteiger partial charge in [0.25, 0.3) is 0 Å². The summed E-state index contributed by atoms with van der Waals surface area (Å²) in [5.74, 6) is 0.766. The maximum absolute atomic E-state index is 9.61. The summed E-state index contributed by atoms with van der Waals surface area (Å²) >= 11 is 0. The molecule has 0 amide bonds. The van der Waals surface area contributed by atoms with Crippen LogP contribution in [0.5, 0.6) is 0 Å². The third-order valence-corrected chi connectivity index (χ3v) is 1.82. The monoisotopic (exact) mass is 137 g/mol. The quantitative estimate of drug-likeness (QED) is 0.330. The molecule has 0 atom stereocenters. The van der Waals surface area contributed by atoms with Gasteiger partial charge in [0.05, 0.1) is 6.54 Å². The van der Waals surface area contributed by atoms with E-state index in [9.17, 15) is 4.79 Å². The molecule has 0 unspecified atom stereocenters. The highest BCUT2D eigenvalue weighted by Crippen LogP contribution is 2.26. The molecule has 0 N–H and O–H groups in total. The van der Waals surface area contributed by atoms with E-state index < -0.39 is 0 Å². The number of aliphatic imine (C=N–C) groups is 1. The zero-order chi connectivity index (χ0) is 7.23. The number of carbonyl (C=O) groups excluding carboxylic acids is 1. The van der Waals surface area contributed by atoms with Gasteiger partial charge in [-0.3, -0.25) is 0 Å². The summed E-state index contributed by atoms with van der Waals surface area (Å²) in [6, 6.07) is 0. The van der Waals surface area contributed by atoms with Crippen molar-refractivity contribution in [2.45, 2.75) is 19.3 Å². The Bertz CT molecular complexity index is 164. The Kier molecular flexibility index (Phi) is 2.91. The van der Waals surface area contributed by atoms with Crippen molar-refractivity contribution >= 4 is 6.08 Å². The van der Waals surface area contributed by atoms with E-state index >= 15 is 0 Å². The number of nitrogens with zero attached hydrogens (tertiary/aromatic N) is 1. The average molecular weight is 137 g/mol. The lowest BCUT2D eigenvalue weighted by Gasteiger charge is -2.20. The van der Waals surface area contributed by atoms with Crippen molar-refractivity contribution in [2.24, 2.45) is 10.9 Å². The van der Waals surface area contributed by atoms with Crippen molar-refractivity contribution in [3.63, 3.8) is 0 Å². The van der Waals surface area contributed by atoms with E-state index in [-0.39, 0.29) is 0 Å². The fourth-order valence-corrected chi connectivity index (χ4v) is 0.976. The molecule has 0 aromatic carbocycles. The molecule has 2 heteroatoms. The first-order valence-corrected chi connectivity index (χ1v) is 3.64. The van der Waals surface area contributed by atoms with E-state index in [1.165, 1.54) is 25.3 Å². The third-order valence-electron chi connectivity index (χ3n) is 1.82. The molecule has 0 aromatic rings. The summed E-state index contributed by atoms with van der Waals surface area (Å²) in [5.41, 5.74) is 0. The number of isocyanates is 1. The zero-order valence-corrected chi connectivity index (χ0v) is 5.92. The molecule has 0 saturated heterocycles. The Balaban J connectivity index is 2.09. The van der Waals surface area contributed by atoms with Gasteiger partial charge < -0.3 is 0 Å². The highest BCUT2D eigenvalue weighted by molar-refractivity contribution is 5.33. The molecule has 1 saturated carbocycles. The second-order valence-corrected chi connectivity index (χ2v) is 2.55. The van der Waals surface area contributed by atoms with Crippen molar-refractivity contribution in [2.75, 3.05) is 6.54 Å². The van der Waals surface area contributed by atoms with Gasteiger partial charge >= 0.3 is 0 Å². The standard InChI is InChI=1S/C8H11NO/c10-7-9-6-2-5-8-3-1-4-8/h2,5,8H,1,3-4,6H2/b5-2-. The number of allylic oxidation sites excluding steroid dienone is 1. The lowest BCUT2D eigenvalue weighted by Crippen LogP contribution is -2.06. The molecule has 0 aromatic heterocycles. The van der Waals surface area contributed by atoms with Gasteiger partial charge in [-0.25, -0.2) is 9.79 Å². The topological polar surface area (TPSA) is 29.4 Å². The summed E-state index contributed by atoms with van der Waals surface area (Å²) in [6.07, 6.45) is 9.55. The Hall–Kier alpha value is -0.880. The summed E-state index contributed by atoms with van der Waals surface area (Å²) in [7, 11) is 0. The van der Waals surface area contributed by atoms with Gasteiger partial charge in [0.2, 0.25) is 6.08 Å². The van der Waals surface area contributed by atoms with Crippen LogP contribution in [-0.4, -0.2) is 12.6 Å². The summed E-state index contributed by atoms with van der Waals surface area (Å²) in [5, 5.41) is 0. The van der Waals surface area contributed by atoms with Gasteiger partial charge in [-0.05, 0) is 18.8 Å². The molecule has 1 rings (SSSR count). The summed E-state index contributed by atoms with van der Waals surface area (Å²) < 4.78 is 0. The SMILES string of the molecule is O=C=NC/C=C\C1CCC1. The van der Waals surface area contributed by atoms with Crippen LogP contribution in [0.4, 0.5) is 0 Å². The molecule has 1 aliphatic carbocycles. The molecule has 10 heavy (non-hydrogen) atoms. The van der Waals surface area contributed by atoms with E-state index in [4.69, 9.17) is 0 Å². The fourth-order valence-electron chi connectivity index (χ4n) is 0.976. The maximum Gasteiger partial charge on any atom is 0.235 e. The first-order chi connectivity index (χ1) is 4.93. The predicted molar refractivity (Wildman–Crippen MR) is 39.5 cm³/mol. The molecule has 2 nitrogen and oxygen atoms in total. The normalized spacial score (nSPS) is 18.4. The smallest absolute Gasteiger partial charge is 0.211 e. The Labute approximate surface area is 60.7 Å². The van der Waals surface area contributed by atoms with Crippen molar-refractivity contribution in [3.8, 4) is 0 Å². The number of rotatable bonds is 3. The van der Waals surface area contributed by atoms with Crippen molar-refractivity contribution in [1.29, 1.82) is 0 Å². The van der Waals surface area contributed by atoms with E-state index in [0.717, 1.165) is 5.92 Å². The van der Waals surface area contributed by atoms with E-state index in [0.29, 0.717) is 6.54 Å². The van der Waals surface area contributed by atoms with Gasteiger partial charge in [0, 0.05) is 0 Å². The first-order valence-electron chi connectivity index (χ1n) is 3.64. The van der Waals surface area contributed by atoms with Gasteiger partial charge in [0.15, 0.2) is 0 Å². The van der Waals surface area contributed by atoms with E-state index in [2.05, 4.69) is 11.1 Å². The second-order valence-electron chi connectivity index (χ2n) is 2.55. The Morgan fingerprint density at radius 3 is 2.90 bits per heavy atom. The van der Waals surface area contributed by atoms with Crippen LogP contribution in [0.2, 0.25) is 0 Å². The lowest BCUT2D eigenvalue weighted by atomic mass is 9.85. The minimum absolute atomic E-state index is 0.500. The fraction of sp³-hybridized carbons (Fsp3) is 0.625. The molecule has 54 valence electrons.